The Balaban J connectivity index is 1.64. The molecule has 2 heterocycles. The number of nitrogens with one attached hydrogen (secondary N) is 1. The van der Waals surface area contributed by atoms with Gasteiger partial charge in [0, 0.05) is 24.6 Å². The number of rotatable bonds is 4. The van der Waals surface area contributed by atoms with E-state index in [0.717, 1.165) is 17.6 Å². The average molecular weight is 213 g/mol. The SMILES string of the molecule is CN1CCC(CCNc2nnns2)C1. The van der Waals surface area contributed by atoms with Gasteiger partial charge < -0.3 is 10.2 Å². The maximum atomic E-state index is 3.83. The standard InChI is InChI=1S/C8H15N5S/c1-13-5-3-7(6-13)2-4-9-8-10-11-12-14-8/h7H,2-6H2,1H3,(H,9,10,12). The first-order valence-corrected chi connectivity index (χ1v) is 5.69. The molecule has 14 heavy (non-hydrogen) atoms. The van der Waals surface area contributed by atoms with E-state index in [1.54, 1.807) is 0 Å². The monoisotopic (exact) mass is 213 g/mol. The van der Waals surface area contributed by atoms with Crippen molar-refractivity contribution in [1.29, 1.82) is 0 Å². The van der Waals surface area contributed by atoms with E-state index in [0.29, 0.717) is 0 Å². The number of hydrogen-bond donors (Lipinski definition) is 1. The van der Waals surface area contributed by atoms with E-state index in [1.165, 1.54) is 37.5 Å². The Morgan fingerprint density at radius 2 is 2.57 bits per heavy atom. The maximum Gasteiger partial charge on any atom is 0.225 e. The largest absolute Gasteiger partial charge is 0.359 e. The van der Waals surface area contributed by atoms with Crippen molar-refractivity contribution in [2.45, 2.75) is 12.8 Å². The molecule has 1 aliphatic rings. The van der Waals surface area contributed by atoms with Crippen LogP contribution >= 0.6 is 11.5 Å². The van der Waals surface area contributed by atoms with Crippen LogP contribution in [0.5, 0.6) is 0 Å². The lowest BCUT2D eigenvalue weighted by Crippen LogP contribution is -2.15. The van der Waals surface area contributed by atoms with Crippen molar-refractivity contribution in [3.05, 3.63) is 0 Å². The number of anilines is 1. The van der Waals surface area contributed by atoms with Gasteiger partial charge in [0.25, 0.3) is 0 Å². The first kappa shape index (κ1) is 9.79. The number of aromatic nitrogens is 3. The molecule has 0 aromatic carbocycles. The third kappa shape index (κ3) is 2.62. The second kappa shape index (κ2) is 4.65. The zero-order chi connectivity index (χ0) is 9.80. The van der Waals surface area contributed by atoms with Crippen LogP contribution in [0.4, 0.5) is 5.13 Å². The average Bonchev–Trinajstić information content (AvgIpc) is 2.77. The van der Waals surface area contributed by atoms with Gasteiger partial charge in [-0.1, -0.05) is 9.59 Å². The highest BCUT2D eigenvalue weighted by Crippen LogP contribution is 2.17. The highest BCUT2D eigenvalue weighted by atomic mass is 32.1. The van der Waals surface area contributed by atoms with Crippen molar-refractivity contribution in [2.24, 2.45) is 5.92 Å². The number of nitrogens with zero attached hydrogens (tertiary/aromatic N) is 4. The highest BCUT2D eigenvalue weighted by Gasteiger charge is 2.18. The first-order chi connectivity index (χ1) is 6.84. The molecule has 78 valence electrons. The van der Waals surface area contributed by atoms with E-state index in [1.807, 2.05) is 0 Å². The normalized spacial score (nSPS) is 22.8. The Hall–Kier alpha value is -0.750. The molecule has 1 aromatic rings. The van der Waals surface area contributed by atoms with Crippen LogP contribution in [0.2, 0.25) is 0 Å². The summed E-state index contributed by atoms with van der Waals surface area (Å²) in [6.07, 6.45) is 2.54. The molecular formula is C8H15N5S. The fourth-order valence-electron chi connectivity index (χ4n) is 1.85. The van der Waals surface area contributed by atoms with Gasteiger partial charge in [0.1, 0.15) is 0 Å². The van der Waals surface area contributed by atoms with Gasteiger partial charge in [0.05, 0.1) is 0 Å². The van der Waals surface area contributed by atoms with Gasteiger partial charge in [-0.2, -0.15) is 0 Å². The van der Waals surface area contributed by atoms with Crippen LogP contribution in [0.15, 0.2) is 0 Å². The molecule has 0 bridgehead atoms. The Morgan fingerprint density at radius 1 is 1.64 bits per heavy atom. The van der Waals surface area contributed by atoms with Crippen molar-refractivity contribution in [3.8, 4) is 0 Å². The van der Waals surface area contributed by atoms with Crippen molar-refractivity contribution >= 4 is 16.7 Å². The second-order valence-electron chi connectivity index (χ2n) is 3.80. The van der Waals surface area contributed by atoms with E-state index >= 15 is 0 Å². The Kier molecular flexibility index (Phi) is 3.26. The van der Waals surface area contributed by atoms with E-state index < -0.39 is 0 Å². The molecule has 1 aromatic heterocycles. The molecule has 1 fully saturated rings. The molecule has 0 spiro atoms. The van der Waals surface area contributed by atoms with Crippen LogP contribution in [-0.4, -0.2) is 46.4 Å². The molecule has 1 N–H and O–H groups in total. The van der Waals surface area contributed by atoms with Gasteiger partial charge in [-0.25, -0.2) is 0 Å². The van der Waals surface area contributed by atoms with Gasteiger partial charge in [-0.05, 0) is 37.6 Å². The molecule has 0 amide bonds. The lowest BCUT2D eigenvalue weighted by atomic mass is 10.1. The van der Waals surface area contributed by atoms with Gasteiger partial charge in [0.2, 0.25) is 5.13 Å². The van der Waals surface area contributed by atoms with Gasteiger partial charge in [-0.15, -0.1) is 0 Å². The van der Waals surface area contributed by atoms with Gasteiger partial charge >= 0.3 is 0 Å². The molecule has 5 nitrogen and oxygen atoms in total. The highest BCUT2D eigenvalue weighted by molar-refractivity contribution is 7.09. The first-order valence-electron chi connectivity index (χ1n) is 4.92. The van der Waals surface area contributed by atoms with Crippen molar-refractivity contribution < 1.29 is 0 Å². The lowest BCUT2D eigenvalue weighted by Gasteiger charge is -2.09. The van der Waals surface area contributed by atoms with Crippen LogP contribution in [0.25, 0.3) is 0 Å². The topological polar surface area (TPSA) is 53.9 Å². The summed E-state index contributed by atoms with van der Waals surface area (Å²) in [5.41, 5.74) is 0. The minimum Gasteiger partial charge on any atom is -0.359 e. The number of likely N-dealkylation sites (tertiary alicyclic amines) is 1. The summed E-state index contributed by atoms with van der Waals surface area (Å²) in [5.74, 6) is 0.841. The van der Waals surface area contributed by atoms with E-state index in [9.17, 15) is 0 Å². The van der Waals surface area contributed by atoms with Crippen molar-refractivity contribution in [3.63, 3.8) is 0 Å². The van der Waals surface area contributed by atoms with Crippen LogP contribution in [-0.2, 0) is 0 Å². The molecule has 1 unspecified atom stereocenters. The second-order valence-corrected chi connectivity index (χ2v) is 4.53. The molecule has 1 aliphatic heterocycles. The van der Waals surface area contributed by atoms with Crippen LogP contribution in [0.3, 0.4) is 0 Å². The summed E-state index contributed by atoms with van der Waals surface area (Å²) in [4.78, 5) is 2.39. The maximum absolute atomic E-state index is 3.83. The zero-order valence-electron chi connectivity index (χ0n) is 8.31. The smallest absolute Gasteiger partial charge is 0.225 e. The summed E-state index contributed by atoms with van der Waals surface area (Å²) in [6, 6.07) is 0. The van der Waals surface area contributed by atoms with E-state index in [2.05, 4.69) is 32.1 Å². The Labute approximate surface area is 87.7 Å². The van der Waals surface area contributed by atoms with Crippen LogP contribution in [0.1, 0.15) is 12.8 Å². The fourth-order valence-corrected chi connectivity index (χ4v) is 2.24. The molecule has 1 saturated heterocycles. The summed E-state index contributed by atoms with van der Waals surface area (Å²) in [6.45, 7) is 3.45. The van der Waals surface area contributed by atoms with Crippen molar-refractivity contribution in [2.75, 3.05) is 32.0 Å². The summed E-state index contributed by atoms with van der Waals surface area (Å²) in [5, 5.41) is 11.4. The Bertz CT molecular complexity index is 263. The molecule has 0 radical (unpaired) electrons. The third-order valence-electron chi connectivity index (χ3n) is 2.62. The minimum atomic E-state index is 0.830. The minimum absolute atomic E-state index is 0.830. The Morgan fingerprint density at radius 3 is 3.21 bits per heavy atom. The predicted octanol–water partition coefficient (Wildman–Crippen LogP) is 0.687. The molecule has 0 saturated carbocycles. The van der Waals surface area contributed by atoms with E-state index in [4.69, 9.17) is 0 Å². The van der Waals surface area contributed by atoms with Gasteiger partial charge in [-0.3, -0.25) is 0 Å². The van der Waals surface area contributed by atoms with E-state index in [-0.39, 0.29) is 0 Å². The summed E-state index contributed by atoms with van der Waals surface area (Å²) in [7, 11) is 2.18. The quantitative estimate of drug-likeness (QED) is 0.797. The molecule has 2 rings (SSSR count). The van der Waals surface area contributed by atoms with Crippen LogP contribution in [0, 0.1) is 5.92 Å². The zero-order valence-corrected chi connectivity index (χ0v) is 9.13. The molecule has 0 aliphatic carbocycles. The summed E-state index contributed by atoms with van der Waals surface area (Å²) >= 11 is 1.31. The molecule has 1 atom stereocenters. The molecular weight excluding hydrogens is 198 g/mol. The van der Waals surface area contributed by atoms with Gasteiger partial charge in [0.15, 0.2) is 0 Å². The number of hydrogen-bond acceptors (Lipinski definition) is 6. The lowest BCUT2D eigenvalue weighted by molar-refractivity contribution is 0.390. The summed E-state index contributed by atoms with van der Waals surface area (Å²) < 4.78 is 3.69. The van der Waals surface area contributed by atoms with Crippen molar-refractivity contribution in [1.82, 2.24) is 19.7 Å². The molecule has 6 heteroatoms. The van der Waals surface area contributed by atoms with Crippen LogP contribution < -0.4 is 5.32 Å². The third-order valence-corrected chi connectivity index (χ3v) is 3.17. The fraction of sp³-hybridized carbons (Fsp3) is 0.875. The predicted molar refractivity (Wildman–Crippen MR) is 56.4 cm³/mol.